The number of hydrogen-bond donors (Lipinski definition) is 1. The van der Waals surface area contributed by atoms with E-state index in [0.717, 1.165) is 0 Å². The first-order chi connectivity index (χ1) is 6.67. The van der Waals surface area contributed by atoms with Crippen molar-refractivity contribution in [1.82, 2.24) is 4.90 Å². The van der Waals surface area contributed by atoms with Crippen LogP contribution >= 0.6 is 0 Å². The topological polar surface area (TPSA) is 59.0 Å². The second kappa shape index (κ2) is 5.29. The highest BCUT2D eigenvalue weighted by Crippen LogP contribution is 2.15. The normalized spacial score (nSPS) is 28.1. The van der Waals surface area contributed by atoms with Crippen LogP contribution in [0.5, 0.6) is 0 Å². The molecular weight excluding hydrogens is 186 g/mol. The van der Waals surface area contributed by atoms with E-state index in [4.69, 9.17) is 14.6 Å². The van der Waals surface area contributed by atoms with Crippen LogP contribution in [0, 0.1) is 0 Å². The summed E-state index contributed by atoms with van der Waals surface area (Å²) in [7, 11) is 1.63. The summed E-state index contributed by atoms with van der Waals surface area (Å²) in [5.74, 6) is -0.808. The standard InChI is InChI=1S/C9H17NO4/c1-3-14-8-5-10(6-9(11)12)4-7(8)13-2/h7-8H,3-6H2,1-2H3,(H,11,12)/t7-,8-/m1/s1. The minimum atomic E-state index is -0.808. The van der Waals surface area contributed by atoms with Crippen molar-refractivity contribution in [1.29, 1.82) is 0 Å². The second-order valence-electron chi connectivity index (χ2n) is 3.36. The molecule has 0 aromatic rings. The average Bonchev–Trinajstić information content (AvgIpc) is 2.47. The summed E-state index contributed by atoms with van der Waals surface area (Å²) in [4.78, 5) is 12.3. The number of carboxylic acids is 1. The summed E-state index contributed by atoms with van der Waals surface area (Å²) in [6.45, 7) is 3.88. The number of rotatable bonds is 5. The van der Waals surface area contributed by atoms with Crippen molar-refractivity contribution >= 4 is 5.97 Å². The molecule has 0 amide bonds. The molecule has 0 aromatic carbocycles. The van der Waals surface area contributed by atoms with E-state index >= 15 is 0 Å². The largest absolute Gasteiger partial charge is 0.480 e. The van der Waals surface area contributed by atoms with Gasteiger partial charge >= 0.3 is 5.97 Å². The number of ether oxygens (including phenoxy) is 2. The molecule has 1 aliphatic heterocycles. The van der Waals surface area contributed by atoms with Crippen LogP contribution < -0.4 is 0 Å². The van der Waals surface area contributed by atoms with Gasteiger partial charge in [0.25, 0.3) is 0 Å². The fourth-order valence-corrected chi connectivity index (χ4v) is 1.74. The van der Waals surface area contributed by atoms with Gasteiger partial charge in [-0.05, 0) is 6.92 Å². The number of aliphatic carboxylic acids is 1. The molecule has 1 fully saturated rings. The fourth-order valence-electron chi connectivity index (χ4n) is 1.74. The SMILES string of the molecule is CCO[C@@H]1CN(CC(=O)O)C[C@H]1OC. The highest BCUT2D eigenvalue weighted by atomic mass is 16.5. The summed E-state index contributed by atoms with van der Waals surface area (Å²) in [5, 5.41) is 8.63. The van der Waals surface area contributed by atoms with Crippen LogP contribution in [0.1, 0.15) is 6.92 Å². The molecule has 0 spiro atoms. The molecule has 82 valence electrons. The lowest BCUT2D eigenvalue weighted by Gasteiger charge is -2.15. The predicted molar refractivity (Wildman–Crippen MR) is 50.3 cm³/mol. The Hall–Kier alpha value is -0.650. The summed E-state index contributed by atoms with van der Waals surface area (Å²) >= 11 is 0. The van der Waals surface area contributed by atoms with E-state index in [1.807, 2.05) is 11.8 Å². The Morgan fingerprint density at radius 1 is 1.50 bits per heavy atom. The molecule has 14 heavy (non-hydrogen) atoms. The quantitative estimate of drug-likeness (QED) is 0.671. The number of likely N-dealkylation sites (tertiary alicyclic amines) is 1. The molecule has 1 N–H and O–H groups in total. The van der Waals surface area contributed by atoms with Crippen molar-refractivity contribution in [2.24, 2.45) is 0 Å². The maximum Gasteiger partial charge on any atom is 0.317 e. The van der Waals surface area contributed by atoms with Crippen molar-refractivity contribution in [2.45, 2.75) is 19.1 Å². The first-order valence-corrected chi connectivity index (χ1v) is 4.76. The third kappa shape index (κ3) is 2.94. The Balaban J connectivity index is 2.43. The molecular formula is C9H17NO4. The smallest absolute Gasteiger partial charge is 0.317 e. The Labute approximate surface area is 83.6 Å². The minimum absolute atomic E-state index is 0.00403. The zero-order valence-electron chi connectivity index (χ0n) is 8.60. The molecule has 0 saturated carbocycles. The van der Waals surface area contributed by atoms with Gasteiger partial charge in [-0.2, -0.15) is 0 Å². The van der Waals surface area contributed by atoms with Gasteiger partial charge in [-0.15, -0.1) is 0 Å². The molecule has 1 heterocycles. The summed E-state index contributed by atoms with van der Waals surface area (Å²) in [6.07, 6.45) is -0.00125. The summed E-state index contributed by atoms with van der Waals surface area (Å²) < 4.78 is 10.7. The molecule has 0 unspecified atom stereocenters. The predicted octanol–water partition coefficient (Wildman–Crippen LogP) is -0.193. The van der Waals surface area contributed by atoms with Crippen molar-refractivity contribution < 1.29 is 19.4 Å². The first kappa shape index (κ1) is 11.4. The zero-order chi connectivity index (χ0) is 10.6. The van der Waals surface area contributed by atoms with Crippen LogP contribution in [0.4, 0.5) is 0 Å². The number of nitrogens with zero attached hydrogens (tertiary/aromatic N) is 1. The minimum Gasteiger partial charge on any atom is -0.480 e. The van der Waals surface area contributed by atoms with Gasteiger partial charge in [0.15, 0.2) is 0 Å². The lowest BCUT2D eigenvalue weighted by Crippen LogP contribution is -2.29. The molecule has 0 aliphatic carbocycles. The average molecular weight is 203 g/mol. The highest BCUT2D eigenvalue weighted by molar-refractivity contribution is 5.69. The maximum atomic E-state index is 10.5. The van der Waals surface area contributed by atoms with Crippen molar-refractivity contribution in [3.05, 3.63) is 0 Å². The van der Waals surface area contributed by atoms with Crippen LogP contribution in [0.15, 0.2) is 0 Å². The Morgan fingerprint density at radius 2 is 2.14 bits per heavy atom. The maximum absolute atomic E-state index is 10.5. The molecule has 0 aromatic heterocycles. The van der Waals surface area contributed by atoms with Gasteiger partial charge < -0.3 is 14.6 Å². The Morgan fingerprint density at radius 3 is 2.64 bits per heavy atom. The van der Waals surface area contributed by atoms with Crippen molar-refractivity contribution in [2.75, 3.05) is 33.4 Å². The van der Waals surface area contributed by atoms with Crippen LogP contribution in [-0.4, -0.2) is 61.5 Å². The summed E-state index contributed by atoms with van der Waals surface area (Å²) in [5.41, 5.74) is 0. The molecule has 0 bridgehead atoms. The molecule has 1 aliphatic rings. The number of hydrogen-bond acceptors (Lipinski definition) is 4. The van der Waals surface area contributed by atoms with Gasteiger partial charge in [0, 0.05) is 26.8 Å². The van der Waals surface area contributed by atoms with Gasteiger partial charge in [0.05, 0.1) is 18.8 Å². The number of carboxylic acid groups (broad SMARTS) is 1. The van der Waals surface area contributed by atoms with Crippen LogP contribution in [0.25, 0.3) is 0 Å². The van der Waals surface area contributed by atoms with E-state index in [1.54, 1.807) is 7.11 Å². The van der Waals surface area contributed by atoms with Crippen molar-refractivity contribution in [3.8, 4) is 0 Å². The fraction of sp³-hybridized carbons (Fsp3) is 0.889. The second-order valence-corrected chi connectivity index (χ2v) is 3.36. The monoisotopic (exact) mass is 203 g/mol. The molecule has 1 rings (SSSR count). The molecule has 1 saturated heterocycles. The lowest BCUT2D eigenvalue weighted by molar-refractivity contribution is -0.138. The van der Waals surface area contributed by atoms with E-state index in [-0.39, 0.29) is 18.8 Å². The summed E-state index contributed by atoms with van der Waals surface area (Å²) in [6, 6.07) is 0. The van der Waals surface area contributed by atoms with Gasteiger partial charge in [0.1, 0.15) is 0 Å². The van der Waals surface area contributed by atoms with Crippen LogP contribution in [0.3, 0.4) is 0 Å². The molecule has 2 atom stereocenters. The van der Waals surface area contributed by atoms with Crippen molar-refractivity contribution in [3.63, 3.8) is 0 Å². The van der Waals surface area contributed by atoms with E-state index < -0.39 is 5.97 Å². The van der Waals surface area contributed by atoms with E-state index in [2.05, 4.69) is 0 Å². The number of methoxy groups -OCH3 is 1. The van der Waals surface area contributed by atoms with Crippen LogP contribution in [0.2, 0.25) is 0 Å². The third-order valence-corrected chi connectivity index (χ3v) is 2.33. The Bertz CT molecular complexity index is 197. The van der Waals surface area contributed by atoms with Gasteiger partial charge in [-0.25, -0.2) is 0 Å². The zero-order valence-corrected chi connectivity index (χ0v) is 8.60. The van der Waals surface area contributed by atoms with Gasteiger partial charge in [0.2, 0.25) is 0 Å². The third-order valence-electron chi connectivity index (χ3n) is 2.33. The van der Waals surface area contributed by atoms with Crippen LogP contribution in [-0.2, 0) is 14.3 Å². The van der Waals surface area contributed by atoms with Gasteiger partial charge in [-0.1, -0.05) is 0 Å². The Kier molecular flexibility index (Phi) is 4.31. The van der Waals surface area contributed by atoms with E-state index in [9.17, 15) is 4.79 Å². The molecule has 5 heteroatoms. The van der Waals surface area contributed by atoms with E-state index in [1.165, 1.54) is 0 Å². The number of carbonyl (C=O) groups is 1. The highest BCUT2D eigenvalue weighted by Gasteiger charge is 2.33. The lowest BCUT2D eigenvalue weighted by atomic mass is 10.2. The molecule has 5 nitrogen and oxygen atoms in total. The first-order valence-electron chi connectivity index (χ1n) is 4.76. The van der Waals surface area contributed by atoms with E-state index in [0.29, 0.717) is 19.7 Å². The molecule has 0 radical (unpaired) electrons. The van der Waals surface area contributed by atoms with Gasteiger partial charge in [-0.3, -0.25) is 9.69 Å².